The summed E-state index contributed by atoms with van der Waals surface area (Å²) in [4.78, 5) is 0. The minimum absolute atomic E-state index is 0.443. The zero-order valence-corrected chi connectivity index (χ0v) is 13.4. The van der Waals surface area contributed by atoms with Crippen molar-refractivity contribution < 1.29 is 4.74 Å². The van der Waals surface area contributed by atoms with Gasteiger partial charge in [0.25, 0.3) is 0 Å². The fourth-order valence-electron chi connectivity index (χ4n) is 1.91. The Balaban J connectivity index is 2.93. The van der Waals surface area contributed by atoms with Crippen molar-refractivity contribution in [2.45, 2.75) is 40.0 Å². The average Bonchev–Trinajstić information content (AvgIpc) is 2.35. The van der Waals surface area contributed by atoms with Gasteiger partial charge in [-0.05, 0) is 42.9 Å². The predicted octanol–water partition coefficient (Wildman–Crippen LogP) is 5.93. The van der Waals surface area contributed by atoms with Gasteiger partial charge in [-0.25, -0.2) is 0 Å². The van der Waals surface area contributed by atoms with Gasteiger partial charge in [0.1, 0.15) is 5.75 Å². The summed E-state index contributed by atoms with van der Waals surface area (Å²) in [5.41, 5.74) is 1.08. The summed E-state index contributed by atoms with van der Waals surface area (Å²) in [6, 6.07) is 3.69. The van der Waals surface area contributed by atoms with E-state index in [1.165, 1.54) is 0 Å². The molecule has 1 nitrogen and oxygen atoms in total. The summed E-state index contributed by atoms with van der Waals surface area (Å²) >= 11 is 12.3. The molecular weight excluding hydrogens is 279 g/mol. The van der Waals surface area contributed by atoms with Gasteiger partial charge in [0.2, 0.25) is 0 Å². The van der Waals surface area contributed by atoms with Crippen LogP contribution >= 0.6 is 23.2 Å². The lowest BCUT2D eigenvalue weighted by Gasteiger charge is -2.15. The molecule has 1 unspecified atom stereocenters. The van der Waals surface area contributed by atoms with Gasteiger partial charge in [-0.1, -0.05) is 56.1 Å². The van der Waals surface area contributed by atoms with E-state index in [-0.39, 0.29) is 0 Å². The number of ether oxygens (including phenoxy) is 1. The lowest BCUT2D eigenvalue weighted by atomic mass is 9.99. The van der Waals surface area contributed by atoms with Crippen molar-refractivity contribution in [3.8, 4) is 5.75 Å². The third-order valence-electron chi connectivity index (χ3n) is 2.78. The van der Waals surface area contributed by atoms with Crippen LogP contribution in [0.15, 0.2) is 24.3 Å². The molecule has 106 valence electrons. The Hall–Kier alpha value is -0.660. The van der Waals surface area contributed by atoms with Crippen molar-refractivity contribution in [1.82, 2.24) is 0 Å². The number of rotatable bonds is 7. The van der Waals surface area contributed by atoms with Crippen LogP contribution in [0.4, 0.5) is 0 Å². The highest BCUT2D eigenvalue weighted by atomic mass is 35.5. The molecular formula is C16H22Cl2O. The molecule has 0 spiro atoms. The molecule has 1 rings (SSSR count). The minimum Gasteiger partial charge on any atom is -0.492 e. The molecule has 1 aromatic rings. The summed E-state index contributed by atoms with van der Waals surface area (Å²) in [7, 11) is 0. The maximum absolute atomic E-state index is 6.23. The van der Waals surface area contributed by atoms with E-state index < -0.39 is 0 Å². The molecule has 3 heteroatoms. The Kier molecular flexibility index (Phi) is 7.33. The zero-order valence-electron chi connectivity index (χ0n) is 11.9. The first-order chi connectivity index (χ1) is 9.08. The van der Waals surface area contributed by atoms with Gasteiger partial charge in [0, 0.05) is 5.02 Å². The van der Waals surface area contributed by atoms with Crippen LogP contribution in [0, 0.1) is 5.92 Å². The van der Waals surface area contributed by atoms with Crippen LogP contribution in [0.1, 0.15) is 39.2 Å². The number of hydrogen-bond acceptors (Lipinski definition) is 1. The van der Waals surface area contributed by atoms with E-state index in [9.17, 15) is 0 Å². The normalized spacial score (nSPS) is 12.9. The Bertz CT molecular complexity index is 427. The van der Waals surface area contributed by atoms with Crippen molar-refractivity contribution >= 4 is 23.2 Å². The molecule has 19 heavy (non-hydrogen) atoms. The highest BCUT2D eigenvalue weighted by molar-refractivity contribution is 6.35. The van der Waals surface area contributed by atoms with E-state index in [0.717, 1.165) is 30.6 Å². The van der Waals surface area contributed by atoms with Crippen LogP contribution in [0.3, 0.4) is 0 Å². The topological polar surface area (TPSA) is 9.23 Å². The molecule has 0 saturated carbocycles. The number of hydrogen-bond donors (Lipinski definition) is 0. The predicted molar refractivity (Wildman–Crippen MR) is 84.5 cm³/mol. The van der Waals surface area contributed by atoms with Crippen molar-refractivity contribution in [1.29, 1.82) is 0 Å². The van der Waals surface area contributed by atoms with E-state index >= 15 is 0 Å². The Labute approximate surface area is 126 Å². The molecule has 0 bridgehead atoms. The molecule has 0 radical (unpaired) electrons. The number of benzene rings is 1. The summed E-state index contributed by atoms with van der Waals surface area (Å²) in [6.07, 6.45) is 7.31. The lowest BCUT2D eigenvalue weighted by Crippen LogP contribution is -2.03. The lowest BCUT2D eigenvalue weighted by molar-refractivity contribution is 0.313. The third kappa shape index (κ3) is 5.46. The zero-order chi connectivity index (χ0) is 14.3. The van der Waals surface area contributed by atoms with E-state index in [1.54, 1.807) is 6.07 Å². The molecule has 0 aliphatic heterocycles. The Morgan fingerprint density at radius 1 is 1.26 bits per heavy atom. The maximum atomic E-state index is 6.23. The monoisotopic (exact) mass is 300 g/mol. The first-order valence-corrected chi connectivity index (χ1v) is 7.61. The fourth-order valence-corrected chi connectivity index (χ4v) is 2.50. The fraction of sp³-hybridized carbons (Fsp3) is 0.500. The number of allylic oxidation sites excluding steroid dienone is 2. The van der Waals surface area contributed by atoms with Gasteiger partial charge < -0.3 is 4.74 Å². The smallest absolute Gasteiger partial charge is 0.141 e. The van der Waals surface area contributed by atoms with Gasteiger partial charge in [-0.15, -0.1) is 0 Å². The Morgan fingerprint density at radius 2 is 2.00 bits per heavy atom. The van der Waals surface area contributed by atoms with Crippen LogP contribution in [-0.2, 0) is 6.42 Å². The first-order valence-electron chi connectivity index (χ1n) is 6.85. The molecule has 0 aliphatic rings. The van der Waals surface area contributed by atoms with Crippen LogP contribution in [0.5, 0.6) is 5.75 Å². The standard InChI is InChI=1S/C16H22Cl2O/c1-4-6-7-12(3)9-13-10-14(17)11-15(18)16(13)19-8-5-2/h6-7,10-12H,4-5,8-9H2,1-3H3/b7-6-. The van der Waals surface area contributed by atoms with E-state index in [4.69, 9.17) is 27.9 Å². The second kappa shape index (κ2) is 8.50. The highest BCUT2D eigenvalue weighted by Gasteiger charge is 2.12. The molecule has 1 aromatic carbocycles. The van der Waals surface area contributed by atoms with Gasteiger partial charge in [0.15, 0.2) is 0 Å². The molecule has 0 fully saturated rings. The molecule has 0 heterocycles. The minimum atomic E-state index is 0.443. The number of halogens is 2. The third-order valence-corrected chi connectivity index (χ3v) is 3.28. The van der Waals surface area contributed by atoms with Gasteiger partial charge in [-0.3, -0.25) is 0 Å². The maximum Gasteiger partial charge on any atom is 0.141 e. The molecule has 0 N–H and O–H groups in total. The van der Waals surface area contributed by atoms with Crippen LogP contribution in [-0.4, -0.2) is 6.61 Å². The quantitative estimate of drug-likeness (QED) is 0.567. The van der Waals surface area contributed by atoms with E-state index in [0.29, 0.717) is 22.6 Å². The summed E-state index contributed by atoms with van der Waals surface area (Å²) in [5.74, 6) is 1.23. The highest BCUT2D eigenvalue weighted by Crippen LogP contribution is 2.34. The summed E-state index contributed by atoms with van der Waals surface area (Å²) in [5, 5.41) is 1.26. The van der Waals surface area contributed by atoms with Gasteiger partial charge in [-0.2, -0.15) is 0 Å². The summed E-state index contributed by atoms with van der Waals surface area (Å²) < 4.78 is 5.76. The van der Waals surface area contributed by atoms with Crippen molar-refractivity contribution in [2.24, 2.45) is 5.92 Å². The van der Waals surface area contributed by atoms with Crippen molar-refractivity contribution in [3.05, 3.63) is 39.9 Å². The second-order valence-electron chi connectivity index (χ2n) is 4.74. The molecule has 0 aliphatic carbocycles. The van der Waals surface area contributed by atoms with E-state index in [1.807, 2.05) is 6.07 Å². The van der Waals surface area contributed by atoms with Crippen molar-refractivity contribution in [3.63, 3.8) is 0 Å². The van der Waals surface area contributed by atoms with Crippen LogP contribution < -0.4 is 4.74 Å². The average molecular weight is 301 g/mol. The molecule has 0 saturated heterocycles. The Morgan fingerprint density at radius 3 is 2.63 bits per heavy atom. The molecule has 1 atom stereocenters. The van der Waals surface area contributed by atoms with E-state index in [2.05, 4.69) is 32.9 Å². The van der Waals surface area contributed by atoms with Gasteiger partial charge >= 0.3 is 0 Å². The van der Waals surface area contributed by atoms with Crippen LogP contribution in [0.25, 0.3) is 0 Å². The van der Waals surface area contributed by atoms with Crippen molar-refractivity contribution in [2.75, 3.05) is 6.61 Å². The van der Waals surface area contributed by atoms with Crippen LogP contribution in [0.2, 0.25) is 10.0 Å². The summed E-state index contributed by atoms with van der Waals surface area (Å²) in [6.45, 7) is 7.07. The molecule has 0 amide bonds. The largest absolute Gasteiger partial charge is 0.492 e. The first kappa shape index (κ1) is 16.4. The SMILES string of the molecule is CC/C=C\C(C)Cc1cc(Cl)cc(Cl)c1OCCC. The van der Waals surface area contributed by atoms with Gasteiger partial charge in [0.05, 0.1) is 11.6 Å². The molecule has 0 aromatic heterocycles. The second-order valence-corrected chi connectivity index (χ2v) is 5.59.